The Morgan fingerprint density at radius 3 is 2.57 bits per heavy atom. The monoisotopic (exact) mass is 444 g/mol. The van der Waals surface area contributed by atoms with Gasteiger partial charge in [0.05, 0.1) is 4.91 Å². The highest BCUT2D eigenvalue weighted by molar-refractivity contribution is 8.18. The molecule has 30 heavy (non-hydrogen) atoms. The molecule has 1 aliphatic carbocycles. The summed E-state index contributed by atoms with van der Waals surface area (Å²) in [5, 5.41) is 3.03. The molecule has 1 N–H and O–H groups in total. The van der Waals surface area contributed by atoms with Crippen molar-refractivity contribution in [2.75, 3.05) is 13.1 Å². The van der Waals surface area contributed by atoms with Gasteiger partial charge in [0, 0.05) is 24.0 Å². The standard InChI is InChI=1S/C22H18ClFN2O3S/c23-15-5-1-13(2-6-15)11-19-21(28)26(22(29)30-19)10-9-25-20(27)18-12-17(18)14-3-7-16(24)8-4-14/h1-8,11,17-18H,9-10,12H2,(H,25,27)/b19-11+. The smallest absolute Gasteiger partial charge is 0.293 e. The zero-order valence-corrected chi connectivity index (χ0v) is 17.4. The van der Waals surface area contributed by atoms with E-state index in [2.05, 4.69) is 5.32 Å². The Hall–Kier alpha value is -2.64. The van der Waals surface area contributed by atoms with Crippen molar-refractivity contribution >= 4 is 46.5 Å². The molecule has 3 amide bonds. The summed E-state index contributed by atoms with van der Waals surface area (Å²) < 4.78 is 13.0. The number of thioether (sulfide) groups is 1. The van der Waals surface area contributed by atoms with E-state index in [9.17, 15) is 18.8 Å². The molecule has 154 valence electrons. The fourth-order valence-electron chi connectivity index (χ4n) is 3.39. The van der Waals surface area contributed by atoms with Gasteiger partial charge >= 0.3 is 0 Å². The molecule has 2 aromatic rings. The van der Waals surface area contributed by atoms with E-state index in [1.807, 2.05) is 0 Å². The second kappa shape index (κ2) is 8.62. The third-order valence-corrected chi connectivity index (χ3v) is 6.26. The van der Waals surface area contributed by atoms with E-state index in [0.717, 1.165) is 27.8 Å². The van der Waals surface area contributed by atoms with Gasteiger partial charge in [-0.1, -0.05) is 35.9 Å². The van der Waals surface area contributed by atoms with Crippen LogP contribution in [0.15, 0.2) is 53.4 Å². The average molecular weight is 445 g/mol. The number of rotatable bonds is 6. The first-order chi connectivity index (χ1) is 14.4. The lowest BCUT2D eigenvalue weighted by atomic mass is 10.1. The zero-order chi connectivity index (χ0) is 21.3. The zero-order valence-electron chi connectivity index (χ0n) is 15.8. The maximum absolute atomic E-state index is 13.0. The number of hydrogen-bond donors (Lipinski definition) is 1. The van der Waals surface area contributed by atoms with E-state index in [4.69, 9.17) is 11.6 Å². The maximum Gasteiger partial charge on any atom is 0.293 e. The molecule has 2 unspecified atom stereocenters. The molecule has 2 aliphatic rings. The van der Waals surface area contributed by atoms with Crippen LogP contribution in [0.25, 0.3) is 6.08 Å². The van der Waals surface area contributed by atoms with Gasteiger partial charge < -0.3 is 5.32 Å². The van der Waals surface area contributed by atoms with Crippen LogP contribution < -0.4 is 5.32 Å². The first-order valence-electron chi connectivity index (χ1n) is 9.46. The number of amides is 3. The molecular weight excluding hydrogens is 427 g/mol. The molecule has 2 fully saturated rings. The van der Waals surface area contributed by atoms with Crippen LogP contribution in [0.1, 0.15) is 23.5 Å². The minimum atomic E-state index is -0.371. The van der Waals surface area contributed by atoms with E-state index in [1.54, 1.807) is 42.5 Å². The van der Waals surface area contributed by atoms with Crippen molar-refractivity contribution in [1.82, 2.24) is 10.2 Å². The molecule has 1 saturated heterocycles. The number of nitrogens with one attached hydrogen (secondary N) is 1. The number of nitrogens with zero attached hydrogens (tertiary/aromatic N) is 1. The van der Waals surface area contributed by atoms with Crippen molar-refractivity contribution in [3.05, 3.63) is 75.4 Å². The van der Waals surface area contributed by atoms with Crippen LogP contribution in [-0.4, -0.2) is 35.0 Å². The molecule has 0 aromatic heterocycles. The van der Waals surface area contributed by atoms with Crippen LogP contribution in [0.5, 0.6) is 0 Å². The molecule has 0 radical (unpaired) electrons. The van der Waals surface area contributed by atoms with Gasteiger partial charge in [0.25, 0.3) is 11.1 Å². The predicted molar refractivity (Wildman–Crippen MR) is 114 cm³/mol. The number of imide groups is 1. The van der Waals surface area contributed by atoms with Gasteiger partial charge in [-0.2, -0.15) is 0 Å². The predicted octanol–water partition coefficient (Wildman–Crippen LogP) is 4.44. The van der Waals surface area contributed by atoms with Gasteiger partial charge in [-0.15, -0.1) is 0 Å². The van der Waals surface area contributed by atoms with Crippen molar-refractivity contribution in [2.45, 2.75) is 12.3 Å². The SMILES string of the molecule is O=C(NCCN1C(=O)S/C(=C/c2ccc(Cl)cc2)C1=O)C1CC1c1ccc(F)cc1. The molecule has 8 heteroatoms. The summed E-state index contributed by atoms with van der Waals surface area (Å²) in [6.45, 7) is 0.306. The number of carbonyl (C=O) groups is 3. The Kier molecular flexibility index (Phi) is 5.92. The molecule has 2 aromatic carbocycles. The summed E-state index contributed by atoms with van der Waals surface area (Å²) in [5.74, 6) is -0.860. The normalized spacial score (nSPS) is 21.9. The molecule has 1 saturated carbocycles. The van der Waals surface area contributed by atoms with Crippen LogP contribution in [-0.2, 0) is 9.59 Å². The Morgan fingerprint density at radius 1 is 1.17 bits per heavy atom. The lowest BCUT2D eigenvalue weighted by Crippen LogP contribution is -2.37. The van der Waals surface area contributed by atoms with E-state index < -0.39 is 0 Å². The van der Waals surface area contributed by atoms with E-state index in [1.165, 1.54) is 12.1 Å². The summed E-state index contributed by atoms with van der Waals surface area (Å²) in [5.41, 5.74) is 1.72. The fraction of sp³-hybridized carbons (Fsp3) is 0.227. The van der Waals surface area contributed by atoms with Crippen LogP contribution in [0.3, 0.4) is 0 Å². The minimum Gasteiger partial charge on any atom is -0.354 e. The number of halogens is 2. The molecule has 1 aliphatic heterocycles. The minimum absolute atomic E-state index is 0.0881. The maximum atomic E-state index is 13.0. The third-order valence-electron chi connectivity index (χ3n) is 5.10. The molecular formula is C22H18ClFN2O3S. The molecule has 5 nitrogen and oxygen atoms in total. The lowest BCUT2D eigenvalue weighted by molar-refractivity contribution is -0.124. The van der Waals surface area contributed by atoms with E-state index in [-0.39, 0.29) is 47.8 Å². The average Bonchev–Trinajstić information content (AvgIpc) is 3.48. The largest absolute Gasteiger partial charge is 0.354 e. The van der Waals surface area contributed by atoms with Gasteiger partial charge in [-0.3, -0.25) is 19.3 Å². The lowest BCUT2D eigenvalue weighted by Gasteiger charge is -2.13. The first kappa shape index (κ1) is 20.6. The second-order valence-electron chi connectivity index (χ2n) is 7.18. The van der Waals surface area contributed by atoms with Crippen molar-refractivity contribution in [1.29, 1.82) is 0 Å². The van der Waals surface area contributed by atoms with E-state index >= 15 is 0 Å². The van der Waals surface area contributed by atoms with Gasteiger partial charge in [0.15, 0.2) is 0 Å². The molecule has 4 rings (SSSR count). The summed E-state index contributed by atoms with van der Waals surface area (Å²) >= 11 is 6.74. The topological polar surface area (TPSA) is 66.5 Å². The summed E-state index contributed by atoms with van der Waals surface area (Å²) in [6.07, 6.45) is 2.36. The van der Waals surface area contributed by atoms with Crippen molar-refractivity contribution in [3.63, 3.8) is 0 Å². The van der Waals surface area contributed by atoms with Gasteiger partial charge in [0.1, 0.15) is 5.82 Å². The summed E-state index contributed by atoms with van der Waals surface area (Å²) in [7, 11) is 0. The van der Waals surface area contributed by atoms with Crippen molar-refractivity contribution in [2.24, 2.45) is 5.92 Å². The number of benzene rings is 2. The number of carbonyl (C=O) groups excluding carboxylic acids is 3. The highest BCUT2D eigenvalue weighted by Crippen LogP contribution is 2.47. The fourth-order valence-corrected chi connectivity index (χ4v) is 4.38. The Labute approximate surface area is 182 Å². The Bertz CT molecular complexity index is 1020. The molecule has 1 heterocycles. The van der Waals surface area contributed by atoms with Crippen LogP contribution in [0.4, 0.5) is 9.18 Å². The van der Waals surface area contributed by atoms with Crippen molar-refractivity contribution < 1.29 is 18.8 Å². The summed E-state index contributed by atoms with van der Waals surface area (Å²) in [4.78, 5) is 38.5. The highest BCUT2D eigenvalue weighted by atomic mass is 35.5. The molecule has 0 spiro atoms. The van der Waals surface area contributed by atoms with Gasteiger partial charge in [-0.05, 0) is 65.6 Å². The molecule has 0 bridgehead atoms. The van der Waals surface area contributed by atoms with Crippen LogP contribution in [0, 0.1) is 11.7 Å². The number of hydrogen-bond acceptors (Lipinski definition) is 4. The van der Waals surface area contributed by atoms with E-state index in [0.29, 0.717) is 16.3 Å². The van der Waals surface area contributed by atoms with Crippen LogP contribution in [0.2, 0.25) is 5.02 Å². The Balaban J connectivity index is 1.28. The van der Waals surface area contributed by atoms with Crippen LogP contribution >= 0.6 is 23.4 Å². The molecule has 2 atom stereocenters. The third kappa shape index (κ3) is 4.57. The van der Waals surface area contributed by atoms with Gasteiger partial charge in [0.2, 0.25) is 5.91 Å². The summed E-state index contributed by atoms with van der Waals surface area (Å²) in [6, 6.07) is 13.1. The Morgan fingerprint density at radius 2 is 1.87 bits per heavy atom. The highest BCUT2D eigenvalue weighted by Gasteiger charge is 2.44. The quantitative estimate of drug-likeness (QED) is 0.669. The second-order valence-corrected chi connectivity index (χ2v) is 8.61. The first-order valence-corrected chi connectivity index (χ1v) is 10.7. The van der Waals surface area contributed by atoms with Crippen molar-refractivity contribution in [3.8, 4) is 0 Å². The van der Waals surface area contributed by atoms with Gasteiger partial charge in [-0.25, -0.2) is 4.39 Å².